The molecule has 1 fully saturated rings. The van der Waals surface area contributed by atoms with Crippen molar-refractivity contribution in [2.24, 2.45) is 0 Å². The SMILES string of the molecule is N=C=C1C(=O)NC(=O)C([n+]2ccccc2)C1c1ccccc1I. The molecule has 6 heteroatoms. The van der Waals surface area contributed by atoms with E-state index in [1.807, 2.05) is 42.5 Å². The van der Waals surface area contributed by atoms with Gasteiger partial charge in [0.2, 0.25) is 6.04 Å². The third-order valence-corrected chi connectivity index (χ3v) is 4.79. The maximum absolute atomic E-state index is 12.5. The third-order valence-electron chi connectivity index (χ3n) is 3.81. The first-order valence-electron chi connectivity index (χ1n) is 6.98. The zero-order valence-corrected chi connectivity index (χ0v) is 14.2. The molecule has 1 aromatic heterocycles. The maximum atomic E-state index is 12.5. The first-order valence-corrected chi connectivity index (χ1v) is 8.06. The lowest BCUT2D eigenvalue weighted by Gasteiger charge is -2.28. The Labute approximate surface area is 146 Å². The molecule has 0 spiro atoms. The molecule has 114 valence electrons. The molecule has 2 atom stereocenters. The molecule has 0 radical (unpaired) electrons. The highest BCUT2D eigenvalue weighted by Gasteiger charge is 2.47. The fraction of sp³-hybridized carbons (Fsp3) is 0.118. The minimum absolute atomic E-state index is 0.162. The van der Waals surface area contributed by atoms with Gasteiger partial charge >= 0.3 is 0 Å². The Hall–Kier alpha value is -2.31. The van der Waals surface area contributed by atoms with E-state index < -0.39 is 17.9 Å². The molecule has 3 rings (SSSR count). The van der Waals surface area contributed by atoms with Gasteiger partial charge in [0.25, 0.3) is 11.8 Å². The molecule has 2 aromatic rings. The van der Waals surface area contributed by atoms with Crippen molar-refractivity contribution < 1.29 is 14.2 Å². The molecule has 1 aliphatic rings. The van der Waals surface area contributed by atoms with Gasteiger partial charge in [-0.2, -0.15) is 4.57 Å². The molecular formula is C17H13IN3O2+. The fourth-order valence-electron chi connectivity index (χ4n) is 2.80. The maximum Gasteiger partial charge on any atom is 0.296 e. The molecule has 1 aromatic carbocycles. The van der Waals surface area contributed by atoms with Crippen molar-refractivity contribution in [2.45, 2.75) is 12.0 Å². The van der Waals surface area contributed by atoms with Crippen LogP contribution in [0, 0.1) is 8.98 Å². The number of nitrogens with one attached hydrogen (secondary N) is 2. The Bertz CT molecular complexity index is 829. The molecule has 5 nitrogen and oxygen atoms in total. The van der Waals surface area contributed by atoms with Gasteiger partial charge in [-0.25, -0.2) is 0 Å². The number of piperidine rings is 1. The van der Waals surface area contributed by atoms with Crippen LogP contribution in [0.3, 0.4) is 0 Å². The third kappa shape index (κ3) is 2.83. The second kappa shape index (κ2) is 6.44. The summed E-state index contributed by atoms with van der Waals surface area (Å²) in [6.07, 6.45) is 3.56. The number of rotatable bonds is 2. The van der Waals surface area contributed by atoms with Crippen molar-refractivity contribution in [3.8, 4) is 0 Å². The van der Waals surface area contributed by atoms with Crippen LogP contribution >= 0.6 is 22.6 Å². The summed E-state index contributed by atoms with van der Waals surface area (Å²) < 4.78 is 2.69. The highest BCUT2D eigenvalue weighted by atomic mass is 127. The standard InChI is InChI=1S/C17H12IN3O2/c18-13-7-3-2-6-11(13)14-12(10-19)16(22)20-17(23)15(14)21-8-4-1-5-9-21/h1-9,14-15,19H/p+1. The van der Waals surface area contributed by atoms with Gasteiger partial charge in [0.05, 0.1) is 11.5 Å². The van der Waals surface area contributed by atoms with Gasteiger partial charge in [-0.3, -0.25) is 20.3 Å². The molecule has 2 heterocycles. The van der Waals surface area contributed by atoms with Gasteiger partial charge in [0, 0.05) is 15.7 Å². The lowest BCUT2D eigenvalue weighted by atomic mass is 9.81. The van der Waals surface area contributed by atoms with Crippen LogP contribution in [0.2, 0.25) is 0 Å². The number of pyridine rings is 1. The number of hydrogen-bond donors (Lipinski definition) is 2. The van der Waals surface area contributed by atoms with Crippen LogP contribution in [0.25, 0.3) is 0 Å². The van der Waals surface area contributed by atoms with Crippen molar-refractivity contribution in [1.29, 1.82) is 5.41 Å². The number of halogens is 1. The van der Waals surface area contributed by atoms with Crippen LogP contribution in [0.15, 0.2) is 60.4 Å². The lowest BCUT2D eigenvalue weighted by Crippen LogP contribution is -2.57. The summed E-state index contributed by atoms with van der Waals surface area (Å²) in [7, 11) is 0. The predicted molar refractivity (Wildman–Crippen MR) is 92.0 cm³/mol. The predicted octanol–water partition coefficient (Wildman–Crippen LogP) is 1.73. The van der Waals surface area contributed by atoms with E-state index in [1.165, 1.54) is 0 Å². The summed E-state index contributed by atoms with van der Waals surface area (Å²) in [5, 5.41) is 9.85. The number of carbonyl (C=O) groups excluding carboxylic acids is 2. The largest absolute Gasteiger partial charge is 0.296 e. The number of hydrogen-bond acceptors (Lipinski definition) is 3. The molecule has 2 amide bonds. The number of aromatic nitrogens is 1. The normalized spacial score (nSPS) is 20.8. The van der Waals surface area contributed by atoms with E-state index in [0.29, 0.717) is 0 Å². The van der Waals surface area contributed by atoms with Gasteiger partial charge in [-0.05, 0) is 40.1 Å². The monoisotopic (exact) mass is 418 g/mol. The number of amides is 2. The molecule has 0 aliphatic carbocycles. The Morgan fingerprint density at radius 3 is 2.43 bits per heavy atom. The summed E-state index contributed by atoms with van der Waals surface area (Å²) in [6.45, 7) is 0. The van der Waals surface area contributed by atoms with Gasteiger partial charge in [-0.15, -0.1) is 0 Å². The highest BCUT2D eigenvalue weighted by molar-refractivity contribution is 14.1. The van der Waals surface area contributed by atoms with Crippen molar-refractivity contribution in [3.63, 3.8) is 0 Å². The van der Waals surface area contributed by atoms with Crippen molar-refractivity contribution in [2.75, 3.05) is 0 Å². The number of carbonyl (C=O) groups is 2. The van der Waals surface area contributed by atoms with Gasteiger partial charge in [-0.1, -0.05) is 24.3 Å². The summed E-state index contributed by atoms with van der Waals surface area (Å²) in [4.78, 5) is 24.6. The van der Waals surface area contributed by atoms with Crippen molar-refractivity contribution >= 4 is 40.3 Å². The molecule has 2 unspecified atom stereocenters. The second-order valence-electron chi connectivity index (χ2n) is 5.12. The van der Waals surface area contributed by atoms with Crippen molar-refractivity contribution in [1.82, 2.24) is 5.32 Å². The van der Waals surface area contributed by atoms with Crippen LogP contribution in [-0.4, -0.2) is 17.7 Å². The minimum atomic E-state index is -0.641. The average molecular weight is 418 g/mol. The second-order valence-corrected chi connectivity index (χ2v) is 6.29. The van der Waals surface area contributed by atoms with E-state index >= 15 is 0 Å². The van der Waals surface area contributed by atoms with Gasteiger partial charge in [0.15, 0.2) is 12.4 Å². The smallest absolute Gasteiger partial charge is 0.286 e. The Morgan fingerprint density at radius 2 is 1.78 bits per heavy atom. The molecule has 1 saturated heterocycles. The van der Waals surface area contributed by atoms with Crippen LogP contribution in [-0.2, 0) is 9.59 Å². The van der Waals surface area contributed by atoms with Gasteiger partial charge in [0.1, 0.15) is 0 Å². The van der Waals surface area contributed by atoms with E-state index in [-0.39, 0.29) is 11.5 Å². The van der Waals surface area contributed by atoms with Crippen LogP contribution in [0.1, 0.15) is 17.5 Å². The molecule has 23 heavy (non-hydrogen) atoms. The molecule has 0 saturated carbocycles. The van der Waals surface area contributed by atoms with E-state index in [4.69, 9.17) is 5.41 Å². The quantitative estimate of drug-likeness (QED) is 0.256. The first kappa shape index (κ1) is 15.6. The average Bonchev–Trinajstić information content (AvgIpc) is 2.55. The first-order chi connectivity index (χ1) is 11.1. The Balaban J connectivity index is 2.22. The van der Waals surface area contributed by atoms with E-state index in [1.54, 1.807) is 17.0 Å². The Kier molecular flexibility index (Phi) is 4.36. The summed E-state index contributed by atoms with van der Waals surface area (Å²) in [5.74, 6) is 0.755. The summed E-state index contributed by atoms with van der Waals surface area (Å²) in [6, 6.07) is 12.4. The minimum Gasteiger partial charge on any atom is -0.286 e. The van der Waals surface area contributed by atoms with Crippen LogP contribution < -0.4 is 9.88 Å². The van der Waals surface area contributed by atoms with Crippen molar-refractivity contribution in [3.05, 3.63) is 69.6 Å². The highest BCUT2D eigenvalue weighted by Crippen LogP contribution is 2.36. The fourth-order valence-corrected chi connectivity index (χ4v) is 3.52. The zero-order chi connectivity index (χ0) is 16.4. The number of imide groups is 1. The molecule has 2 N–H and O–H groups in total. The number of nitrogens with zero attached hydrogens (tertiary/aromatic N) is 1. The summed E-state index contributed by atoms with van der Waals surface area (Å²) in [5.41, 5.74) is 1.00. The van der Waals surface area contributed by atoms with Crippen LogP contribution in [0.5, 0.6) is 0 Å². The zero-order valence-electron chi connectivity index (χ0n) is 12.0. The number of benzene rings is 1. The van der Waals surface area contributed by atoms with Crippen LogP contribution in [0.4, 0.5) is 0 Å². The van der Waals surface area contributed by atoms with Gasteiger partial charge < -0.3 is 0 Å². The molecular weight excluding hydrogens is 405 g/mol. The Morgan fingerprint density at radius 1 is 1.09 bits per heavy atom. The van der Waals surface area contributed by atoms with E-state index in [9.17, 15) is 9.59 Å². The summed E-state index contributed by atoms with van der Waals surface area (Å²) >= 11 is 2.18. The topological polar surface area (TPSA) is 73.9 Å². The van der Waals surface area contributed by atoms with E-state index in [2.05, 4.69) is 33.8 Å². The lowest BCUT2D eigenvalue weighted by molar-refractivity contribution is -0.711. The van der Waals surface area contributed by atoms with E-state index in [0.717, 1.165) is 9.13 Å². The molecule has 0 bridgehead atoms. The molecule has 1 aliphatic heterocycles.